The Kier molecular flexibility index (Phi) is 3.79. The van der Waals surface area contributed by atoms with E-state index in [1.54, 1.807) is 17.2 Å². The predicted molar refractivity (Wildman–Crippen MR) is 46.4 cm³/mol. The van der Waals surface area contributed by atoms with E-state index in [2.05, 4.69) is 31.0 Å². The molecular formula is C8H17N3. The third-order valence-electron chi connectivity index (χ3n) is 1.02. The van der Waals surface area contributed by atoms with Gasteiger partial charge in [0.05, 0.1) is 17.9 Å². The average Bonchev–Trinajstić information content (AvgIpc) is 2.40. The second kappa shape index (κ2) is 4.11. The summed E-state index contributed by atoms with van der Waals surface area (Å²) in [5.41, 5.74) is 0.0174. The topological polar surface area (TPSA) is 30.7 Å². The second-order valence-corrected chi connectivity index (χ2v) is 2.99. The molecular weight excluding hydrogens is 138 g/mol. The summed E-state index contributed by atoms with van der Waals surface area (Å²) in [4.78, 5) is 1.69. The maximum Gasteiger partial charge on any atom is 0.0740 e. The second-order valence-electron chi connectivity index (χ2n) is 2.99. The molecule has 0 saturated heterocycles. The zero-order chi connectivity index (χ0) is 8.91. The molecule has 64 valence electrons. The summed E-state index contributed by atoms with van der Waals surface area (Å²) >= 11 is 0. The highest BCUT2D eigenvalue weighted by atomic mass is 15.5. The van der Waals surface area contributed by atoms with Crippen LogP contribution in [0.3, 0.4) is 0 Å². The van der Waals surface area contributed by atoms with Crippen LogP contribution in [0.25, 0.3) is 0 Å². The molecule has 0 aliphatic heterocycles. The quantitative estimate of drug-likeness (QED) is 0.574. The zero-order valence-electron chi connectivity index (χ0n) is 8.00. The molecule has 0 radical (unpaired) electrons. The summed E-state index contributed by atoms with van der Waals surface area (Å²) in [6.45, 7) is 10.2. The van der Waals surface area contributed by atoms with Crippen molar-refractivity contribution >= 4 is 0 Å². The van der Waals surface area contributed by atoms with E-state index in [0.717, 1.165) is 0 Å². The van der Waals surface area contributed by atoms with E-state index >= 15 is 0 Å². The molecule has 0 fully saturated rings. The maximum absolute atomic E-state index is 3.99. The monoisotopic (exact) mass is 155 g/mol. The molecule has 1 aromatic heterocycles. The smallest absolute Gasteiger partial charge is 0.0740 e. The summed E-state index contributed by atoms with van der Waals surface area (Å²) in [5.74, 6) is 0. The Balaban J connectivity index is 0.000000461. The summed E-state index contributed by atoms with van der Waals surface area (Å²) in [6, 6.07) is 0. The van der Waals surface area contributed by atoms with Crippen molar-refractivity contribution in [2.75, 3.05) is 0 Å². The molecule has 0 spiro atoms. The van der Waals surface area contributed by atoms with E-state index in [0.29, 0.717) is 0 Å². The van der Waals surface area contributed by atoms with Crippen LogP contribution >= 0.6 is 0 Å². The molecule has 1 rings (SSSR count). The lowest BCUT2D eigenvalue weighted by Gasteiger charge is -2.16. The Morgan fingerprint density at radius 1 is 1.00 bits per heavy atom. The van der Waals surface area contributed by atoms with Gasteiger partial charge in [0.1, 0.15) is 0 Å². The van der Waals surface area contributed by atoms with E-state index in [-0.39, 0.29) is 5.54 Å². The van der Waals surface area contributed by atoms with Crippen LogP contribution < -0.4 is 0 Å². The van der Waals surface area contributed by atoms with Crippen LogP contribution in [-0.2, 0) is 5.54 Å². The lowest BCUT2D eigenvalue weighted by atomic mass is 10.1. The summed E-state index contributed by atoms with van der Waals surface area (Å²) < 4.78 is 0. The van der Waals surface area contributed by atoms with E-state index in [4.69, 9.17) is 0 Å². The fraction of sp³-hybridized carbons (Fsp3) is 0.750. The van der Waals surface area contributed by atoms with Crippen molar-refractivity contribution in [3.63, 3.8) is 0 Å². The van der Waals surface area contributed by atoms with Crippen molar-refractivity contribution in [3.8, 4) is 0 Å². The summed E-state index contributed by atoms with van der Waals surface area (Å²) in [7, 11) is 0. The average molecular weight is 155 g/mol. The molecule has 3 heteroatoms. The first kappa shape index (κ1) is 10.1. The lowest BCUT2D eigenvalue weighted by Crippen LogP contribution is -2.24. The molecule has 1 heterocycles. The van der Waals surface area contributed by atoms with Gasteiger partial charge in [-0.05, 0) is 20.8 Å². The zero-order valence-corrected chi connectivity index (χ0v) is 8.00. The van der Waals surface area contributed by atoms with Gasteiger partial charge in [0.2, 0.25) is 0 Å². The van der Waals surface area contributed by atoms with Crippen LogP contribution in [0.1, 0.15) is 34.6 Å². The van der Waals surface area contributed by atoms with Gasteiger partial charge in [0, 0.05) is 0 Å². The van der Waals surface area contributed by atoms with E-state index in [9.17, 15) is 0 Å². The number of hydrogen-bond acceptors (Lipinski definition) is 2. The van der Waals surface area contributed by atoms with Crippen molar-refractivity contribution in [1.29, 1.82) is 0 Å². The predicted octanol–water partition coefficient (Wildman–Crippen LogP) is 2.06. The Bertz CT molecular complexity index is 172. The Labute approximate surface area is 68.4 Å². The molecule has 0 amide bonds. The molecule has 11 heavy (non-hydrogen) atoms. The highest BCUT2D eigenvalue weighted by molar-refractivity contribution is 4.69. The van der Waals surface area contributed by atoms with Crippen LogP contribution in [0.4, 0.5) is 0 Å². The first-order valence-corrected chi connectivity index (χ1v) is 3.97. The highest BCUT2D eigenvalue weighted by Crippen LogP contribution is 2.07. The van der Waals surface area contributed by atoms with E-state index in [1.165, 1.54) is 0 Å². The SMILES string of the molecule is CC.CC(C)(C)n1nccn1. The van der Waals surface area contributed by atoms with Gasteiger partial charge in [-0.15, -0.1) is 0 Å². The molecule has 1 aromatic rings. The van der Waals surface area contributed by atoms with Crippen molar-refractivity contribution in [2.45, 2.75) is 40.2 Å². The molecule has 0 N–H and O–H groups in total. The lowest BCUT2D eigenvalue weighted by molar-refractivity contribution is 0.312. The molecule has 0 unspecified atom stereocenters. The minimum Gasteiger partial charge on any atom is -0.180 e. The normalized spacial score (nSPS) is 10.3. The van der Waals surface area contributed by atoms with Gasteiger partial charge < -0.3 is 0 Å². The minimum absolute atomic E-state index is 0.0174. The number of rotatable bonds is 0. The van der Waals surface area contributed by atoms with Crippen molar-refractivity contribution in [3.05, 3.63) is 12.4 Å². The van der Waals surface area contributed by atoms with Gasteiger partial charge in [0.25, 0.3) is 0 Å². The molecule has 0 aromatic carbocycles. The highest BCUT2D eigenvalue weighted by Gasteiger charge is 2.12. The molecule has 3 nitrogen and oxygen atoms in total. The van der Waals surface area contributed by atoms with Crippen LogP contribution in [0.2, 0.25) is 0 Å². The fourth-order valence-corrected chi connectivity index (χ4v) is 0.562. The third-order valence-corrected chi connectivity index (χ3v) is 1.02. The van der Waals surface area contributed by atoms with Crippen molar-refractivity contribution in [1.82, 2.24) is 15.0 Å². The van der Waals surface area contributed by atoms with Gasteiger partial charge in [-0.25, -0.2) is 0 Å². The Morgan fingerprint density at radius 3 is 1.55 bits per heavy atom. The van der Waals surface area contributed by atoms with Gasteiger partial charge in [0.15, 0.2) is 0 Å². The molecule has 0 bridgehead atoms. The van der Waals surface area contributed by atoms with Crippen LogP contribution in [0.5, 0.6) is 0 Å². The largest absolute Gasteiger partial charge is 0.180 e. The number of aromatic nitrogens is 3. The number of hydrogen-bond donors (Lipinski definition) is 0. The van der Waals surface area contributed by atoms with Crippen LogP contribution in [0, 0.1) is 0 Å². The maximum atomic E-state index is 3.99. The first-order chi connectivity index (χ1) is 5.11. The van der Waals surface area contributed by atoms with Gasteiger partial charge in [-0.2, -0.15) is 15.0 Å². The van der Waals surface area contributed by atoms with E-state index in [1.807, 2.05) is 13.8 Å². The standard InChI is InChI=1S/C6H11N3.C2H6/c1-6(2,3)9-7-4-5-8-9;1-2/h4-5H,1-3H3;1-2H3. The fourth-order valence-electron chi connectivity index (χ4n) is 0.562. The minimum atomic E-state index is 0.0174. The van der Waals surface area contributed by atoms with Gasteiger partial charge in [-0.3, -0.25) is 0 Å². The first-order valence-electron chi connectivity index (χ1n) is 3.97. The van der Waals surface area contributed by atoms with Crippen LogP contribution in [-0.4, -0.2) is 15.0 Å². The van der Waals surface area contributed by atoms with E-state index < -0.39 is 0 Å². The van der Waals surface area contributed by atoms with Crippen LogP contribution in [0.15, 0.2) is 12.4 Å². The summed E-state index contributed by atoms with van der Waals surface area (Å²) in [6.07, 6.45) is 3.37. The van der Waals surface area contributed by atoms with Gasteiger partial charge >= 0.3 is 0 Å². The Hall–Kier alpha value is -0.860. The molecule has 0 aliphatic rings. The summed E-state index contributed by atoms with van der Waals surface area (Å²) in [5, 5.41) is 7.99. The number of nitrogens with zero attached hydrogens (tertiary/aromatic N) is 3. The molecule has 0 aliphatic carbocycles. The van der Waals surface area contributed by atoms with Crippen molar-refractivity contribution < 1.29 is 0 Å². The van der Waals surface area contributed by atoms with Crippen molar-refractivity contribution in [2.24, 2.45) is 0 Å². The van der Waals surface area contributed by atoms with Gasteiger partial charge in [-0.1, -0.05) is 13.8 Å². The third kappa shape index (κ3) is 3.16. The Morgan fingerprint density at radius 2 is 1.36 bits per heavy atom. The molecule has 0 atom stereocenters. The molecule has 0 saturated carbocycles.